The van der Waals surface area contributed by atoms with Gasteiger partial charge in [-0.1, -0.05) is 19.1 Å². The summed E-state index contributed by atoms with van der Waals surface area (Å²) in [7, 11) is -3.40. The molecule has 0 aromatic heterocycles. The molecule has 2 heterocycles. The van der Waals surface area contributed by atoms with E-state index in [4.69, 9.17) is 4.74 Å². The van der Waals surface area contributed by atoms with Crippen molar-refractivity contribution in [3.8, 4) is 0 Å². The number of halogens is 1. The summed E-state index contributed by atoms with van der Waals surface area (Å²) >= 11 is 0. The molecule has 0 bridgehead atoms. The fraction of sp³-hybridized carbons (Fsp3) is 0.650. The van der Waals surface area contributed by atoms with Crippen molar-refractivity contribution in [1.82, 2.24) is 8.61 Å². The minimum absolute atomic E-state index is 0.00155. The second-order valence-corrected chi connectivity index (χ2v) is 9.79. The number of rotatable bonds is 7. The highest BCUT2D eigenvalue weighted by Gasteiger charge is 2.35. The summed E-state index contributed by atoms with van der Waals surface area (Å²) in [6, 6.07) is 5.86. The summed E-state index contributed by atoms with van der Waals surface area (Å²) in [4.78, 5) is 12.1. The van der Waals surface area contributed by atoms with E-state index in [1.807, 2.05) is 0 Å². The molecule has 0 N–H and O–H groups in total. The van der Waals surface area contributed by atoms with E-state index >= 15 is 0 Å². The first-order valence-corrected chi connectivity index (χ1v) is 11.4. The molecule has 28 heavy (non-hydrogen) atoms. The van der Waals surface area contributed by atoms with Gasteiger partial charge in [0.25, 0.3) is 10.2 Å². The third-order valence-electron chi connectivity index (χ3n) is 5.47. The molecule has 0 spiro atoms. The smallest absolute Gasteiger partial charge is 0.281 e. The van der Waals surface area contributed by atoms with Crippen LogP contribution in [0.2, 0.25) is 0 Å². The van der Waals surface area contributed by atoms with Gasteiger partial charge in [-0.3, -0.25) is 4.79 Å². The first-order valence-electron chi connectivity index (χ1n) is 9.97. The number of piperidine rings is 2. The molecule has 1 aromatic carbocycles. The normalized spacial score (nSPS) is 23.0. The molecule has 2 aliphatic rings. The molecule has 1 atom stereocenters. The van der Waals surface area contributed by atoms with Crippen molar-refractivity contribution in [3.05, 3.63) is 35.6 Å². The lowest BCUT2D eigenvalue weighted by atomic mass is 10.0. The van der Waals surface area contributed by atoms with Crippen molar-refractivity contribution in [3.63, 3.8) is 0 Å². The Labute approximate surface area is 166 Å². The maximum atomic E-state index is 12.9. The predicted octanol–water partition coefficient (Wildman–Crippen LogP) is 2.40. The van der Waals surface area contributed by atoms with Gasteiger partial charge < -0.3 is 4.74 Å². The molecule has 8 heteroatoms. The average Bonchev–Trinajstić information content (AvgIpc) is 2.68. The number of ether oxygens (including phenoxy) is 1. The van der Waals surface area contributed by atoms with E-state index in [1.165, 1.54) is 12.1 Å². The molecular weight excluding hydrogens is 383 g/mol. The summed E-state index contributed by atoms with van der Waals surface area (Å²) in [6.07, 6.45) is 3.27. The molecule has 2 aliphatic heterocycles. The van der Waals surface area contributed by atoms with Crippen LogP contribution in [0.5, 0.6) is 0 Å². The Morgan fingerprint density at radius 3 is 2.43 bits per heavy atom. The largest absolute Gasteiger partial charge is 0.370 e. The maximum absolute atomic E-state index is 12.9. The SMILES string of the molecule is CC1CCCN(S(=O)(=O)N2CCC(OCC(=O)Cc3ccc(F)cc3)CC2)C1. The van der Waals surface area contributed by atoms with E-state index in [2.05, 4.69) is 6.92 Å². The highest BCUT2D eigenvalue weighted by atomic mass is 32.2. The van der Waals surface area contributed by atoms with Crippen molar-refractivity contribution in [2.45, 2.75) is 45.1 Å². The Balaban J connectivity index is 1.42. The Kier molecular flexibility index (Phi) is 7.20. The van der Waals surface area contributed by atoms with Gasteiger partial charge in [0, 0.05) is 32.6 Å². The Bertz CT molecular complexity index is 761. The predicted molar refractivity (Wildman–Crippen MR) is 105 cm³/mol. The zero-order valence-corrected chi connectivity index (χ0v) is 17.2. The fourth-order valence-electron chi connectivity index (χ4n) is 3.84. The maximum Gasteiger partial charge on any atom is 0.281 e. The van der Waals surface area contributed by atoms with Crippen LogP contribution in [0.25, 0.3) is 0 Å². The second kappa shape index (κ2) is 9.43. The van der Waals surface area contributed by atoms with Crippen molar-refractivity contribution < 1.29 is 22.3 Å². The Morgan fingerprint density at radius 2 is 1.79 bits per heavy atom. The van der Waals surface area contributed by atoms with Crippen LogP contribution in [0.1, 0.15) is 38.2 Å². The lowest BCUT2D eigenvalue weighted by molar-refractivity contribution is -0.125. The van der Waals surface area contributed by atoms with Crippen LogP contribution in [0, 0.1) is 11.7 Å². The number of hydrogen-bond donors (Lipinski definition) is 0. The molecule has 1 unspecified atom stereocenters. The number of hydrogen-bond acceptors (Lipinski definition) is 4. The van der Waals surface area contributed by atoms with E-state index in [0.29, 0.717) is 44.9 Å². The molecule has 0 amide bonds. The number of nitrogens with zero attached hydrogens (tertiary/aromatic N) is 2. The molecule has 6 nitrogen and oxygen atoms in total. The summed E-state index contributed by atoms with van der Waals surface area (Å²) in [5.74, 6) is 0.00801. The Morgan fingerprint density at radius 1 is 1.11 bits per heavy atom. The molecule has 1 aromatic rings. The first kappa shape index (κ1) is 21.4. The molecule has 0 aliphatic carbocycles. The van der Waals surface area contributed by atoms with Crippen molar-refractivity contribution in [2.24, 2.45) is 5.92 Å². The van der Waals surface area contributed by atoms with Gasteiger partial charge in [0.2, 0.25) is 0 Å². The van der Waals surface area contributed by atoms with Gasteiger partial charge >= 0.3 is 0 Å². The van der Waals surface area contributed by atoms with Crippen LogP contribution >= 0.6 is 0 Å². The third-order valence-corrected chi connectivity index (χ3v) is 7.47. The highest BCUT2D eigenvalue weighted by molar-refractivity contribution is 7.86. The minimum atomic E-state index is -3.40. The summed E-state index contributed by atoms with van der Waals surface area (Å²) in [5.41, 5.74) is 0.756. The zero-order valence-electron chi connectivity index (χ0n) is 16.3. The topological polar surface area (TPSA) is 66.9 Å². The van der Waals surface area contributed by atoms with Gasteiger partial charge in [0.05, 0.1) is 6.10 Å². The van der Waals surface area contributed by atoms with Gasteiger partial charge in [0.15, 0.2) is 5.78 Å². The van der Waals surface area contributed by atoms with Crippen LogP contribution in [-0.2, 0) is 26.2 Å². The van der Waals surface area contributed by atoms with Crippen LogP contribution < -0.4 is 0 Å². The fourth-order valence-corrected chi connectivity index (χ4v) is 5.64. The number of Topliss-reactive ketones (excluding diaryl/α,β-unsaturated/α-hetero) is 1. The summed E-state index contributed by atoms with van der Waals surface area (Å²) < 4.78 is 47.4. The quantitative estimate of drug-likeness (QED) is 0.690. The van der Waals surface area contributed by atoms with Gasteiger partial charge in [-0.15, -0.1) is 0 Å². The van der Waals surface area contributed by atoms with E-state index in [1.54, 1.807) is 20.7 Å². The first-order chi connectivity index (χ1) is 13.3. The summed E-state index contributed by atoms with van der Waals surface area (Å²) in [6.45, 7) is 4.12. The van der Waals surface area contributed by atoms with E-state index < -0.39 is 10.2 Å². The van der Waals surface area contributed by atoms with Gasteiger partial charge in [-0.25, -0.2) is 4.39 Å². The lowest BCUT2D eigenvalue weighted by Gasteiger charge is -2.37. The van der Waals surface area contributed by atoms with Crippen molar-refractivity contribution in [2.75, 3.05) is 32.8 Å². The molecular formula is C20H29FN2O4S. The second-order valence-electron chi connectivity index (χ2n) is 7.86. The molecule has 156 valence electrons. The number of carbonyl (C=O) groups is 1. The van der Waals surface area contributed by atoms with Gasteiger partial charge in [-0.2, -0.15) is 17.0 Å². The van der Waals surface area contributed by atoms with Gasteiger partial charge in [0.1, 0.15) is 12.4 Å². The number of benzene rings is 1. The molecule has 2 saturated heterocycles. The van der Waals surface area contributed by atoms with E-state index in [9.17, 15) is 17.6 Å². The molecule has 3 rings (SSSR count). The minimum Gasteiger partial charge on any atom is -0.370 e. The molecule has 2 fully saturated rings. The average molecular weight is 413 g/mol. The highest BCUT2D eigenvalue weighted by Crippen LogP contribution is 2.24. The number of carbonyl (C=O) groups excluding carboxylic acids is 1. The van der Waals surface area contributed by atoms with Crippen LogP contribution in [0.3, 0.4) is 0 Å². The summed E-state index contributed by atoms with van der Waals surface area (Å²) in [5, 5.41) is 0. The van der Waals surface area contributed by atoms with Crippen LogP contribution in [0.4, 0.5) is 4.39 Å². The van der Waals surface area contributed by atoms with E-state index in [0.717, 1.165) is 18.4 Å². The monoisotopic (exact) mass is 412 g/mol. The Hall–Kier alpha value is -1.35. The standard InChI is InChI=1S/C20H29FN2O4S/c1-16-3-2-10-23(14-16)28(25,26)22-11-8-20(9-12-22)27-15-19(24)13-17-4-6-18(21)7-5-17/h4-7,16,20H,2-3,8-15H2,1H3. The molecule has 0 radical (unpaired) electrons. The molecule has 0 saturated carbocycles. The van der Waals surface area contributed by atoms with Crippen LogP contribution in [0.15, 0.2) is 24.3 Å². The van der Waals surface area contributed by atoms with Gasteiger partial charge in [-0.05, 0) is 49.3 Å². The lowest BCUT2D eigenvalue weighted by Crippen LogP contribution is -2.50. The van der Waals surface area contributed by atoms with Crippen molar-refractivity contribution >= 4 is 16.0 Å². The van der Waals surface area contributed by atoms with Crippen molar-refractivity contribution in [1.29, 1.82) is 0 Å². The van der Waals surface area contributed by atoms with Crippen LogP contribution in [-0.4, -0.2) is 61.7 Å². The van der Waals surface area contributed by atoms with E-state index in [-0.39, 0.29) is 30.7 Å². The third kappa shape index (κ3) is 5.59. The zero-order chi connectivity index (χ0) is 20.1. The number of ketones is 1.